The Balaban J connectivity index is 1.76. The van der Waals surface area contributed by atoms with Crippen LogP contribution >= 0.6 is 11.6 Å². The molecule has 0 saturated carbocycles. The third-order valence-corrected chi connectivity index (χ3v) is 4.29. The fourth-order valence-electron chi connectivity index (χ4n) is 2.65. The number of aromatic nitrogens is 2. The molecule has 0 spiro atoms. The molecule has 0 bridgehead atoms. The van der Waals surface area contributed by atoms with Crippen molar-refractivity contribution in [3.05, 3.63) is 45.7 Å². The summed E-state index contributed by atoms with van der Waals surface area (Å²) in [5, 5.41) is 14.7. The van der Waals surface area contributed by atoms with Crippen LogP contribution in [0, 0.1) is 6.92 Å². The van der Waals surface area contributed by atoms with Crippen molar-refractivity contribution < 1.29 is 9.84 Å². The molecule has 0 amide bonds. The predicted octanol–water partition coefficient (Wildman–Crippen LogP) is 2.94. The van der Waals surface area contributed by atoms with Gasteiger partial charge in [0.25, 0.3) is 0 Å². The van der Waals surface area contributed by atoms with Gasteiger partial charge in [-0.3, -0.25) is 4.68 Å². The maximum Gasteiger partial charge on any atom is 0.133 e. The first-order chi connectivity index (χ1) is 9.56. The van der Waals surface area contributed by atoms with Crippen LogP contribution in [0.4, 0.5) is 0 Å². The molecule has 1 aliphatic rings. The molecule has 106 valence electrons. The summed E-state index contributed by atoms with van der Waals surface area (Å²) in [7, 11) is 1.82. The SMILES string of the molecule is Cc1nn(C)c(Cl)c1COc1ccc2c(c1)CCC2O. The number of fused-ring (bicyclic) bond motifs is 1. The monoisotopic (exact) mass is 292 g/mol. The number of benzene rings is 1. The number of hydrogen-bond donors (Lipinski definition) is 1. The molecule has 1 aliphatic carbocycles. The molecule has 0 radical (unpaired) electrons. The minimum Gasteiger partial charge on any atom is -0.489 e. The summed E-state index contributed by atoms with van der Waals surface area (Å²) in [6.45, 7) is 2.32. The van der Waals surface area contributed by atoms with Gasteiger partial charge in [-0.2, -0.15) is 5.10 Å². The number of halogens is 1. The normalized spacial score (nSPS) is 17.3. The van der Waals surface area contributed by atoms with E-state index in [0.29, 0.717) is 11.8 Å². The molecule has 4 nitrogen and oxygen atoms in total. The molecular formula is C15H17ClN2O2. The minimum absolute atomic E-state index is 0.325. The van der Waals surface area contributed by atoms with Crippen LogP contribution in [0.2, 0.25) is 5.15 Å². The lowest BCUT2D eigenvalue weighted by Gasteiger charge is -2.09. The smallest absolute Gasteiger partial charge is 0.133 e. The summed E-state index contributed by atoms with van der Waals surface area (Å²) in [6, 6.07) is 5.85. The molecule has 2 aromatic rings. The van der Waals surface area contributed by atoms with Crippen molar-refractivity contribution in [3.63, 3.8) is 0 Å². The summed E-state index contributed by atoms with van der Waals surface area (Å²) >= 11 is 6.18. The van der Waals surface area contributed by atoms with Gasteiger partial charge in [0.1, 0.15) is 17.5 Å². The number of aliphatic hydroxyl groups excluding tert-OH is 1. The van der Waals surface area contributed by atoms with Crippen LogP contribution < -0.4 is 4.74 Å². The Kier molecular flexibility index (Phi) is 3.44. The van der Waals surface area contributed by atoms with Crippen LogP contribution in [-0.4, -0.2) is 14.9 Å². The Hall–Kier alpha value is -1.52. The molecule has 20 heavy (non-hydrogen) atoms. The standard InChI is InChI=1S/C15H17ClN2O2/c1-9-13(15(16)18(2)17-9)8-20-11-4-5-12-10(7-11)3-6-14(12)19/h4-5,7,14,19H,3,6,8H2,1-2H3. The van der Waals surface area contributed by atoms with E-state index in [1.54, 1.807) is 4.68 Å². The lowest BCUT2D eigenvalue weighted by Crippen LogP contribution is -1.98. The highest BCUT2D eigenvalue weighted by atomic mass is 35.5. The molecule has 1 unspecified atom stereocenters. The average Bonchev–Trinajstić information content (AvgIpc) is 2.90. The van der Waals surface area contributed by atoms with Crippen molar-refractivity contribution in [2.24, 2.45) is 7.05 Å². The van der Waals surface area contributed by atoms with E-state index in [1.165, 1.54) is 5.56 Å². The molecule has 1 aromatic heterocycles. The van der Waals surface area contributed by atoms with E-state index in [4.69, 9.17) is 16.3 Å². The first-order valence-electron chi connectivity index (χ1n) is 6.68. The second-order valence-electron chi connectivity index (χ2n) is 5.18. The van der Waals surface area contributed by atoms with Crippen molar-refractivity contribution in [3.8, 4) is 5.75 Å². The lowest BCUT2D eigenvalue weighted by molar-refractivity contribution is 0.180. The van der Waals surface area contributed by atoms with Crippen LogP contribution in [0.1, 0.15) is 34.9 Å². The van der Waals surface area contributed by atoms with Gasteiger partial charge in [-0.25, -0.2) is 0 Å². The Bertz CT molecular complexity index is 652. The van der Waals surface area contributed by atoms with Gasteiger partial charge in [0, 0.05) is 12.6 Å². The zero-order chi connectivity index (χ0) is 14.3. The summed E-state index contributed by atoms with van der Waals surface area (Å²) in [6.07, 6.45) is 1.38. The van der Waals surface area contributed by atoms with Gasteiger partial charge in [-0.1, -0.05) is 17.7 Å². The van der Waals surface area contributed by atoms with E-state index in [9.17, 15) is 5.11 Å². The van der Waals surface area contributed by atoms with Crippen LogP contribution in [0.15, 0.2) is 18.2 Å². The maximum absolute atomic E-state index is 9.79. The number of hydrogen-bond acceptors (Lipinski definition) is 3. The highest BCUT2D eigenvalue weighted by Crippen LogP contribution is 2.33. The second kappa shape index (κ2) is 5.11. The van der Waals surface area contributed by atoms with E-state index in [-0.39, 0.29) is 6.10 Å². The number of rotatable bonds is 3. The fourth-order valence-corrected chi connectivity index (χ4v) is 2.88. The first-order valence-corrected chi connectivity index (χ1v) is 7.05. The van der Waals surface area contributed by atoms with Crippen molar-refractivity contribution in [2.45, 2.75) is 32.5 Å². The number of nitrogens with zero attached hydrogens (tertiary/aromatic N) is 2. The van der Waals surface area contributed by atoms with Crippen LogP contribution in [-0.2, 0) is 20.1 Å². The van der Waals surface area contributed by atoms with E-state index in [1.807, 2.05) is 32.2 Å². The average molecular weight is 293 g/mol. The van der Waals surface area contributed by atoms with Crippen LogP contribution in [0.3, 0.4) is 0 Å². The lowest BCUT2D eigenvalue weighted by atomic mass is 10.1. The highest BCUT2D eigenvalue weighted by Gasteiger charge is 2.20. The zero-order valence-electron chi connectivity index (χ0n) is 11.6. The van der Waals surface area contributed by atoms with Crippen molar-refractivity contribution >= 4 is 11.6 Å². The summed E-state index contributed by atoms with van der Waals surface area (Å²) in [4.78, 5) is 0. The van der Waals surface area contributed by atoms with Crippen molar-refractivity contribution in [1.29, 1.82) is 0 Å². The molecule has 5 heteroatoms. The molecule has 1 N–H and O–H groups in total. The van der Waals surface area contributed by atoms with Crippen LogP contribution in [0.5, 0.6) is 5.75 Å². The van der Waals surface area contributed by atoms with Crippen molar-refractivity contribution in [2.75, 3.05) is 0 Å². The highest BCUT2D eigenvalue weighted by molar-refractivity contribution is 6.30. The van der Waals surface area contributed by atoms with E-state index in [0.717, 1.165) is 35.4 Å². The first kappa shape index (κ1) is 13.5. The largest absolute Gasteiger partial charge is 0.489 e. The van der Waals surface area contributed by atoms with Gasteiger partial charge in [0.15, 0.2) is 0 Å². The maximum atomic E-state index is 9.79. The summed E-state index contributed by atoms with van der Waals surface area (Å²) in [5.41, 5.74) is 3.99. The molecule has 0 aliphatic heterocycles. The number of aliphatic hydroxyl groups is 1. The Morgan fingerprint density at radius 3 is 3.00 bits per heavy atom. The molecule has 1 atom stereocenters. The third kappa shape index (κ3) is 2.30. The number of ether oxygens (including phenoxy) is 1. The molecule has 0 fully saturated rings. The second-order valence-corrected chi connectivity index (χ2v) is 5.54. The minimum atomic E-state index is -0.325. The molecular weight excluding hydrogens is 276 g/mol. The molecule has 1 aromatic carbocycles. The van der Waals surface area contributed by atoms with E-state index in [2.05, 4.69) is 5.10 Å². The van der Waals surface area contributed by atoms with E-state index >= 15 is 0 Å². The third-order valence-electron chi connectivity index (χ3n) is 3.81. The molecule has 1 heterocycles. The van der Waals surface area contributed by atoms with Gasteiger partial charge < -0.3 is 9.84 Å². The Morgan fingerprint density at radius 2 is 2.30 bits per heavy atom. The van der Waals surface area contributed by atoms with Gasteiger partial charge in [-0.15, -0.1) is 0 Å². The van der Waals surface area contributed by atoms with Gasteiger partial charge in [0.05, 0.1) is 11.8 Å². The van der Waals surface area contributed by atoms with E-state index < -0.39 is 0 Å². The number of aryl methyl sites for hydroxylation is 3. The van der Waals surface area contributed by atoms with Crippen LogP contribution in [0.25, 0.3) is 0 Å². The molecule has 3 rings (SSSR count). The van der Waals surface area contributed by atoms with Gasteiger partial charge in [0.2, 0.25) is 0 Å². The summed E-state index contributed by atoms with van der Waals surface area (Å²) in [5.74, 6) is 0.803. The van der Waals surface area contributed by atoms with Crippen molar-refractivity contribution in [1.82, 2.24) is 9.78 Å². The predicted molar refractivity (Wildman–Crippen MR) is 77.0 cm³/mol. The fraction of sp³-hybridized carbons (Fsp3) is 0.400. The Morgan fingerprint density at radius 1 is 1.50 bits per heavy atom. The topological polar surface area (TPSA) is 47.3 Å². The van der Waals surface area contributed by atoms with Gasteiger partial charge in [-0.05, 0) is 43.0 Å². The zero-order valence-corrected chi connectivity index (χ0v) is 12.3. The van der Waals surface area contributed by atoms with Gasteiger partial charge >= 0.3 is 0 Å². The summed E-state index contributed by atoms with van der Waals surface area (Å²) < 4.78 is 7.46. The Labute approximate surface area is 122 Å². The quantitative estimate of drug-likeness (QED) is 0.946. The molecule has 0 saturated heterocycles.